The van der Waals surface area contributed by atoms with E-state index < -0.39 is 0 Å². The standard InChI is InChI=1S/C14H20O2/c1-11(16-12(2)15)14(3,4)10-13-8-6-5-7-9-13/h5-9,11H,10H2,1-4H3. The quantitative estimate of drug-likeness (QED) is 0.728. The van der Waals surface area contributed by atoms with Crippen molar-refractivity contribution in [2.45, 2.75) is 40.2 Å². The van der Waals surface area contributed by atoms with E-state index >= 15 is 0 Å². The maximum Gasteiger partial charge on any atom is 0.302 e. The monoisotopic (exact) mass is 220 g/mol. The van der Waals surface area contributed by atoms with Gasteiger partial charge in [-0.05, 0) is 18.9 Å². The molecule has 88 valence electrons. The fourth-order valence-electron chi connectivity index (χ4n) is 1.67. The number of carbonyl (C=O) groups is 1. The molecule has 0 heterocycles. The van der Waals surface area contributed by atoms with Gasteiger partial charge in [-0.15, -0.1) is 0 Å². The van der Waals surface area contributed by atoms with E-state index in [1.54, 1.807) is 0 Å². The third-order valence-corrected chi connectivity index (χ3v) is 2.95. The van der Waals surface area contributed by atoms with Crippen LogP contribution in [0.3, 0.4) is 0 Å². The van der Waals surface area contributed by atoms with Gasteiger partial charge in [-0.25, -0.2) is 0 Å². The molecule has 0 fully saturated rings. The smallest absolute Gasteiger partial charge is 0.302 e. The van der Waals surface area contributed by atoms with Crippen LogP contribution >= 0.6 is 0 Å². The molecule has 0 aliphatic carbocycles. The molecule has 0 amide bonds. The summed E-state index contributed by atoms with van der Waals surface area (Å²) in [6.07, 6.45) is 0.827. The molecule has 2 nitrogen and oxygen atoms in total. The molecule has 0 aliphatic rings. The molecule has 1 rings (SSSR count). The third kappa shape index (κ3) is 3.69. The van der Waals surface area contributed by atoms with E-state index in [0.717, 1.165) is 6.42 Å². The second-order valence-electron chi connectivity index (χ2n) is 4.90. The molecule has 0 aliphatic heterocycles. The molecule has 0 radical (unpaired) electrons. The highest BCUT2D eigenvalue weighted by Gasteiger charge is 2.28. The molecule has 0 bridgehead atoms. The molecule has 2 heteroatoms. The lowest BCUT2D eigenvalue weighted by Gasteiger charge is -2.31. The number of carbonyl (C=O) groups excluding carboxylic acids is 1. The Morgan fingerprint density at radius 1 is 1.31 bits per heavy atom. The summed E-state index contributed by atoms with van der Waals surface area (Å²) >= 11 is 0. The lowest BCUT2D eigenvalue weighted by Crippen LogP contribution is -2.32. The second-order valence-corrected chi connectivity index (χ2v) is 4.90. The van der Waals surface area contributed by atoms with Gasteiger partial charge in [-0.1, -0.05) is 44.2 Å². The first kappa shape index (κ1) is 12.8. The zero-order chi connectivity index (χ0) is 12.2. The Kier molecular flexibility index (Phi) is 4.11. The first-order chi connectivity index (χ1) is 7.42. The number of esters is 1. The van der Waals surface area contributed by atoms with Gasteiger partial charge in [0, 0.05) is 12.3 Å². The predicted molar refractivity (Wildman–Crippen MR) is 65.2 cm³/mol. The van der Waals surface area contributed by atoms with Crippen LogP contribution in [0, 0.1) is 5.41 Å². The molecule has 0 spiro atoms. The molecule has 0 aromatic heterocycles. The van der Waals surface area contributed by atoms with Gasteiger partial charge in [0.05, 0.1) is 0 Å². The van der Waals surface area contributed by atoms with Crippen LogP contribution in [0.25, 0.3) is 0 Å². The van der Waals surface area contributed by atoms with E-state index in [-0.39, 0.29) is 17.5 Å². The number of rotatable bonds is 4. The van der Waals surface area contributed by atoms with E-state index in [0.29, 0.717) is 0 Å². The van der Waals surface area contributed by atoms with Crippen molar-refractivity contribution in [1.82, 2.24) is 0 Å². The minimum atomic E-state index is -0.214. The maximum absolute atomic E-state index is 10.9. The summed E-state index contributed by atoms with van der Waals surface area (Å²) in [5.41, 5.74) is 1.22. The summed E-state index contributed by atoms with van der Waals surface area (Å²) in [7, 11) is 0. The molecular weight excluding hydrogens is 200 g/mol. The molecule has 0 N–H and O–H groups in total. The average molecular weight is 220 g/mol. The van der Waals surface area contributed by atoms with E-state index in [9.17, 15) is 4.79 Å². The van der Waals surface area contributed by atoms with Crippen LogP contribution in [-0.2, 0) is 16.0 Å². The van der Waals surface area contributed by atoms with Crippen molar-refractivity contribution >= 4 is 5.97 Å². The fraction of sp³-hybridized carbons (Fsp3) is 0.500. The second kappa shape index (κ2) is 5.15. The highest BCUT2D eigenvalue weighted by Crippen LogP contribution is 2.28. The van der Waals surface area contributed by atoms with Gasteiger partial charge < -0.3 is 4.74 Å². The first-order valence-corrected chi connectivity index (χ1v) is 5.63. The normalized spacial score (nSPS) is 13.2. The Bertz CT molecular complexity index is 341. The summed E-state index contributed by atoms with van der Waals surface area (Å²) in [5, 5.41) is 0. The lowest BCUT2D eigenvalue weighted by molar-refractivity contribution is -0.151. The van der Waals surface area contributed by atoms with Crippen LogP contribution in [0.15, 0.2) is 30.3 Å². The topological polar surface area (TPSA) is 26.3 Å². The van der Waals surface area contributed by atoms with Crippen molar-refractivity contribution in [3.63, 3.8) is 0 Å². The molecule has 1 unspecified atom stereocenters. The minimum absolute atomic E-state index is 0.0486. The number of hydrogen-bond donors (Lipinski definition) is 0. The zero-order valence-electron chi connectivity index (χ0n) is 10.5. The summed E-state index contributed by atoms with van der Waals surface area (Å²) in [6, 6.07) is 10.3. The van der Waals surface area contributed by atoms with Crippen molar-refractivity contribution in [2.24, 2.45) is 5.41 Å². The van der Waals surface area contributed by atoms with Gasteiger partial charge in [0.25, 0.3) is 0 Å². The Labute approximate surface area is 97.6 Å². The van der Waals surface area contributed by atoms with Crippen molar-refractivity contribution in [3.05, 3.63) is 35.9 Å². The Morgan fingerprint density at radius 2 is 1.88 bits per heavy atom. The largest absolute Gasteiger partial charge is 0.462 e. The first-order valence-electron chi connectivity index (χ1n) is 5.63. The highest BCUT2D eigenvalue weighted by atomic mass is 16.5. The van der Waals surface area contributed by atoms with E-state index in [4.69, 9.17) is 4.74 Å². The van der Waals surface area contributed by atoms with Gasteiger partial charge in [-0.3, -0.25) is 4.79 Å². The molecular formula is C14H20O2. The van der Waals surface area contributed by atoms with Crippen molar-refractivity contribution < 1.29 is 9.53 Å². The SMILES string of the molecule is CC(=O)OC(C)C(C)(C)Cc1ccccc1. The molecule has 16 heavy (non-hydrogen) atoms. The Balaban J connectivity index is 2.67. The Morgan fingerprint density at radius 3 is 2.38 bits per heavy atom. The van der Waals surface area contributed by atoms with Crippen LogP contribution in [0.4, 0.5) is 0 Å². The number of benzene rings is 1. The van der Waals surface area contributed by atoms with Crippen LogP contribution in [0.1, 0.15) is 33.3 Å². The number of ether oxygens (including phenoxy) is 1. The molecule has 0 saturated carbocycles. The Hall–Kier alpha value is -1.31. The van der Waals surface area contributed by atoms with Gasteiger partial charge in [-0.2, -0.15) is 0 Å². The molecule has 0 saturated heterocycles. The average Bonchev–Trinajstić information content (AvgIpc) is 2.17. The van der Waals surface area contributed by atoms with Crippen molar-refractivity contribution in [2.75, 3.05) is 0 Å². The van der Waals surface area contributed by atoms with Crippen LogP contribution in [-0.4, -0.2) is 12.1 Å². The summed E-state index contributed by atoms with van der Waals surface area (Å²) in [4.78, 5) is 10.9. The molecule has 1 aromatic rings. The minimum Gasteiger partial charge on any atom is -0.462 e. The van der Waals surface area contributed by atoms with E-state index in [1.807, 2.05) is 25.1 Å². The predicted octanol–water partition coefficient (Wildman–Crippen LogP) is 3.21. The van der Waals surface area contributed by atoms with Crippen LogP contribution in [0.2, 0.25) is 0 Å². The molecule has 1 atom stereocenters. The number of hydrogen-bond acceptors (Lipinski definition) is 2. The zero-order valence-corrected chi connectivity index (χ0v) is 10.5. The highest BCUT2D eigenvalue weighted by molar-refractivity contribution is 5.66. The fourth-order valence-corrected chi connectivity index (χ4v) is 1.67. The van der Waals surface area contributed by atoms with E-state index in [2.05, 4.69) is 26.0 Å². The van der Waals surface area contributed by atoms with Gasteiger partial charge in [0.15, 0.2) is 0 Å². The van der Waals surface area contributed by atoms with Crippen LogP contribution in [0.5, 0.6) is 0 Å². The van der Waals surface area contributed by atoms with Gasteiger partial charge >= 0.3 is 5.97 Å². The van der Waals surface area contributed by atoms with Crippen molar-refractivity contribution in [3.8, 4) is 0 Å². The van der Waals surface area contributed by atoms with Crippen molar-refractivity contribution in [1.29, 1.82) is 0 Å². The van der Waals surface area contributed by atoms with E-state index in [1.165, 1.54) is 12.5 Å². The summed E-state index contributed by atoms with van der Waals surface area (Å²) in [6.45, 7) is 7.64. The van der Waals surface area contributed by atoms with Gasteiger partial charge in [0.2, 0.25) is 0 Å². The third-order valence-electron chi connectivity index (χ3n) is 2.95. The lowest BCUT2D eigenvalue weighted by atomic mass is 9.81. The molecule has 1 aromatic carbocycles. The summed E-state index contributed by atoms with van der Waals surface area (Å²) in [5.74, 6) is -0.214. The summed E-state index contributed by atoms with van der Waals surface area (Å²) < 4.78 is 5.25. The van der Waals surface area contributed by atoms with Gasteiger partial charge in [0.1, 0.15) is 6.10 Å². The van der Waals surface area contributed by atoms with Crippen LogP contribution < -0.4 is 0 Å². The maximum atomic E-state index is 10.9.